The Labute approximate surface area is 137 Å². The lowest BCUT2D eigenvalue weighted by molar-refractivity contribution is -0.117. The average Bonchev–Trinajstić information content (AvgIpc) is 2.55. The second-order valence-electron chi connectivity index (χ2n) is 5.53. The number of benzene rings is 2. The minimum atomic E-state index is -3.43. The van der Waals surface area contributed by atoms with Crippen LogP contribution in [0.15, 0.2) is 60.7 Å². The Morgan fingerprint density at radius 2 is 1.52 bits per heavy atom. The summed E-state index contributed by atoms with van der Waals surface area (Å²) in [6.45, 7) is 1.88. The first-order valence-electron chi connectivity index (χ1n) is 7.49. The normalized spacial score (nSPS) is 12.6. The number of hydrogen-bond acceptors (Lipinski definition) is 3. The van der Waals surface area contributed by atoms with Crippen molar-refractivity contribution < 1.29 is 13.2 Å². The lowest BCUT2D eigenvalue weighted by Crippen LogP contribution is -2.42. The highest BCUT2D eigenvalue weighted by Gasteiger charge is 2.29. The third-order valence-corrected chi connectivity index (χ3v) is 5.28. The molecule has 0 aliphatic heterocycles. The second kappa shape index (κ2) is 7.42. The summed E-state index contributed by atoms with van der Waals surface area (Å²) in [5, 5.41) is -1.06. The maximum atomic E-state index is 12.7. The molecule has 2 aromatic rings. The fourth-order valence-corrected chi connectivity index (χ4v) is 2.76. The zero-order chi connectivity index (χ0) is 16.9. The molecule has 0 saturated heterocycles. The van der Waals surface area contributed by atoms with Gasteiger partial charge in [0.05, 0.1) is 0 Å². The maximum absolute atomic E-state index is 12.7. The molecule has 0 N–H and O–H groups in total. The molecular weight excluding hydrogens is 310 g/mol. The third kappa shape index (κ3) is 4.66. The first-order valence-corrected chi connectivity index (χ1v) is 9.44. The van der Waals surface area contributed by atoms with Gasteiger partial charge in [-0.25, -0.2) is 8.42 Å². The summed E-state index contributed by atoms with van der Waals surface area (Å²) < 4.78 is 23.5. The molecule has 23 heavy (non-hydrogen) atoms. The van der Waals surface area contributed by atoms with E-state index in [1.165, 1.54) is 6.92 Å². The van der Waals surface area contributed by atoms with E-state index in [0.29, 0.717) is 18.7 Å². The van der Waals surface area contributed by atoms with Crippen molar-refractivity contribution in [3.63, 3.8) is 0 Å². The van der Waals surface area contributed by atoms with Crippen LogP contribution in [-0.2, 0) is 21.1 Å². The number of carbonyl (C=O) groups is 1. The Morgan fingerprint density at radius 1 is 1.00 bits per heavy atom. The van der Waals surface area contributed by atoms with Gasteiger partial charge in [0.2, 0.25) is 5.91 Å². The van der Waals surface area contributed by atoms with Gasteiger partial charge in [-0.1, -0.05) is 48.5 Å². The van der Waals surface area contributed by atoms with Gasteiger partial charge in [0.15, 0.2) is 9.84 Å². The van der Waals surface area contributed by atoms with Crippen molar-refractivity contribution in [3.05, 3.63) is 66.2 Å². The average molecular weight is 331 g/mol. The van der Waals surface area contributed by atoms with Crippen molar-refractivity contribution in [1.82, 2.24) is 0 Å². The fourth-order valence-electron chi connectivity index (χ4n) is 2.26. The number of hydrogen-bond donors (Lipinski definition) is 0. The largest absolute Gasteiger partial charge is 0.311 e. The summed E-state index contributed by atoms with van der Waals surface area (Å²) in [6, 6.07) is 19.0. The number of anilines is 1. The van der Waals surface area contributed by atoms with Gasteiger partial charge in [0, 0.05) is 18.5 Å². The quantitative estimate of drug-likeness (QED) is 0.818. The topological polar surface area (TPSA) is 54.5 Å². The Bertz CT molecular complexity index is 742. The summed E-state index contributed by atoms with van der Waals surface area (Å²) in [5.41, 5.74) is 1.82. The Morgan fingerprint density at radius 3 is 2.04 bits per heavy atom. The van der Waals surface area contributed by atoms with Gasteiger partial charge < -0.3 is 4.90 Å². The highest BCUT2D eigenvalue weighted by molar-refractivity contribution is 7.92. The Hall–Kier alpha value is -2.14. The fraction of sp³-hybridized carbons (Fsp3) is 0.278. The van der Waals surface area contributed by atoms with Crippen LogP contribution in [-0.4, -0.2) is 32.4 Å². The monoisotopic (exact) mass is 331 g/mol. The first kappa shape index (κ1) is 17.2. The summed E-state index contributed by atoms with van der Waals surface area (Å²) in [6.07, 6.45) is 1.76. The molecule has 5 heteroatoms. The molecule has 0 radical (unpaired) electrons. The smallest absolute Gasteiger partial charge is 0.245 e. The van der Waals surface area contributed by atoms with E-state index in [-0.39, 0.29) is 0 Å². The highest BCUT2D eigenvalue weighted by Crippen LogP contribution is 2.17. The minimum Gasteiger partial charge on any atom is -0.311 e. The Kier molecular flexibility index (Phi) is 5.55. The van der Waals surface area contributed by atoms with E-state index < -0.39 is 21.0 Å². The number of sulfone groups is 1. The van der Waals surface area contributed by atoms with E-state index in [9.17, 15) is 13.2 Å². The minimum absolute atomic E-state index is 0.394. The Balaban J connectivity index is 2.24. The van der Waals surface area contributed by atoms with E-state index in [0.717, 1.165) is 11.8 Å². The molecule has 0 saturated carbocycles. The van der Waals surface area contributed by atoms with Crippen molar-refractivity contribution in [3.8, 4) is 0 Å². The molecule has 4 nitrogen and oxygen atoms in total. The summed E-state index contributed by atoms with van der Waals surface area (Å²) in [4.78, 5) is 14.2. The van der Waals surface area contributed by atoms with Crippen molar-refractivity contribution in [2.45, 2.75) is 18.6 Å². The van der Waals surface area contributed by atoms with Crippen molar-refractivity contribution in [1.29, 1.82) is 0 Å². The highest BCUT2D eigenvalue weighted by atomic mass is 32.2. The zero-order valence-electron chi connectivity index (χ0n) is 13.3. The molecule has 122 valence electrons. The van der Waals surface area contributed by atoms with Gasteiger partial charge in [-0.2, -0.15) is 0 Å². The van der Waals surface area contributed by atoms with Crippen LogP contribution in [0, 0.1) is 0 Å². The van der Waals surface area contributed by atoms with Crippen LogP contribution in [0.25, 0.3) is 0 Å². The van der Waals surface area contributed by atoms with Crippen molar-refractivity contribution in [2.75, 3.05) is 17.7 Å². The van der Waals surface area contributed by atoms with Crippen LogP contribution < -0.4 is 4.90 Å². The number of amides is 1. The zero-order valence-corrected chi connectivity index (χ0v) is 14.2. The van der Waals surface area contributed by atoms with Gasteiger partial charge in [0.1, 0.15) is 5.25 Å². The van der Waals surface area contributed by atoms with Crippen LogP contribution in [0.3, 0.4) is 0 Å². The standard InChI is InChI=1S/C18H21NO3S/c1-15(23(2,21)22)18(20)19(17-11-7-4-8-12-17)14-13-16-9-5-3-6-10-16/h3-12,15H,13-14H2,1-2H3/t15-/m1/s1. The summed E-state index contributed by atoms with van der Waals surface area (Å²) in [7, 11) is -3.43. The maximum Gasteiger partial charge on any atom is 0.245 e. The van der Waals surface area contributed by atoms with Crippen LogP contribution in [0.2, 0.25) is 0 Å². The van der Waals surface area contributed by atoms with Gasteiger partial charge in [-0.15, -0.1) is 0 Å². The first-order chi connectivity index (χ1) is 10.9. The van der Waals surface area contributed by atoms with E-state index in [4.69, 9.17) is 0 Å². The van der Waals surface area contributed by atoms with Gasteiger partial charge in [-0.05, 0) is 31.0 Å². The third-order valence-electron chi connectivity index (χ3n) is 3.79. The van der Waals surface area contributed by atoms with Crippen LogP contribution in [0.1, 0.15) is 12.5 Å². The van der Waals surface area contributed by atoms with Gasteiger partial charge in [-0.3, -0.25) is 4.79 Å². The lowest BCUT2D eigenvalue weighted by Gasteiger charge is -2.25. The van der Waals surface area contributed by atoms with E-state index in [1.807, 2.05) is 60.7 Å². The lowest BCUT2D eigenvalue weighted by atomic mass is 10.1. The molecule has 0 aromatic heterocycles. The van der Waals surface area contributed by atoms with E-state index in [1.54, 1.807) is 4.90 Å². The van der Waals surface area contributed by atoms with Crippen LogP contribution >= 0.6 is 0 Å². The molecule has 2 rings (SSSR count). The van der Waals surface area contributed by atoms with Crippen LogP contribution in [0.5, 0.6) is 0 Å². The van der Waals surface area contributed by atoms with E-state index in [2.05, 4.69) is 0 Å². The molecule has 0 bridgehead atoms. The molecule has 1 amide bonds. The van der Waals surface area contributed by atoms with E-state index >= 15 is 0 Å². The predicted octanol–water partition coefficient (Wildman–Crippen LogP) is 2.70. The molecule has 2 aromatic carbocycles. The summed E-state index contributed by atoms with van der Waals surface area (Å²) in [5.74, 6) is -0.394. The molecule has 0 spiro atoms. The summed E-state index contributed by atoms with van der Waals surface area (Å²) >= 11 is 0. The molecule has 0 aliphatic carbocycles. The number of carbonyl (C=O) groups excluding carboxylic acids is 1. The van der Waals surface area contributed by atoms with Gasteiger partial charge >= 0.3 is 0 Å². The molecular formula is C18H21NO3S. The molecule has 0 unspecified atom stereocenters. The predicted molar refractivity (Wildman–Crippen MR) is 93.2 cm³/mol. The van der Waals surface area contributed by atoms with Gasteiger partial charge in [0.25, 0.3) is 0 Å². The van der Waals surface area contributed by atoms with Crippen molar-refractivity contribution in [2.24, 2.45) is 0 Å². The number of para-hydroxylation sites is 1. The van der Waals surface area contributed by atoms with Crippen LogP contribution in [0.4, 0.5) is 5.69 Å². The molecule has 0 heterocycles. The number of nitrogens with zero attached hydrogens (tertiary/aromatic N) is 1. The molecule has 0 fully saturated rings. The van der Waals surface area contributed by atoms with Crippen molar-refractivity contribution >= 4 is 21.4 Å². The number of rotatable bonds is 6. The molecule has 0 aliphatic rings. The SMILES string of the molecule is C[C@H](C(=O)N(CCc1ccccc1)c1ccccc1)S(C)(=O)=O. The molecule has 1 atom stereocenters. The second-order valence-corrected chi connectivity index (χ2v) is 7.90.